The van der Waals surface area contributed by atoms with E-state index >= 15 is 0 Å². The first-order chi connectivity index (χ1) is 11.3. The first-order valence-corrected chi connectivity index (χ1v) is 7.84. The molecule has 0 bridgehead atoms. The molecule has 3 nitrogen and oxygen atoms in total. The predicted octanol–water partition coefficient (Wildman–Crippen LogP) is 3.71. The number of hydrogen-bond donors (Lipinski definition) is 0. The lowest BCUT2D eigenvalue weighted by Crippen LogP contribution is -2.33. The van der Waals surface area contributed by atoms with Crippen molar-refractivity contribution < 1.29 is 0 Å². The van der Waals surface area contributed by atoms with Gasteiger partial charge in [-0.2, -0.15) is 0 Å². The summed E-state index contributed by atoms with van der Waals surface area (Å²) in [6.45, 7) is 2.00. The predicted molar refractivity (Wildman–Crippen MR) is 91.7 cm³/mol. The molecule has 23 heavy (non-hydrogen) atoms. The summed E-state index contributed by atoms with van der Waals surface area (Å²) in [6.07, 6.45) is 4.33. The van der Waals surface area contributed by atoms with E-state index in [1.807, 2.05) is 48.0 Å². The van der Waals surface area contributed by atoms with Gasteiger partial charge in [0.05, 0.1) is 12.1 Å². The molecule has 0 N–H and O–H groups in total. The van der Waals surface area contributed by atoms with Crippen LogP contribution >= 0.6 is 0 Å². The van der Waals surface area contributed by atoms with E-state index in [1.165, 1.54) is 5.56 Å². The highest BCUT2D eigenvalue weighted by Gasteiger charge is 2.26. The van der Waals surface area contributed by atoms with Crippen LogP contribution in [0.3, 0.4) is 0 Å². The van der Waals surface area contributed by atoms with Gasteiger partial charge in [0.2, 0.25) is 0 Å². The molecule has 0 spiro atoms. The first-order valence-electron chi connectivity index (χ1n) is 7.84. The molecule has 3 aromatic rings. The number of aromatic nitrogens is 2. The van der Waals surface area contributed by atoms with E-state index in [-0.39, 0.29) is 17.6 Å². The summed E-state index contributed by atoms with van der Waals surface area (Å²) in [7, 11) is 0. The van der Waals surface area contributed by atoms with Crippen molar-refractivity contribution in [1.29, 1.82) is 0 Å². The fraction of sp³-hybridized carbons (Fsp3) is 0.150. The van der Waals surface area contributed by atoms with Crippen molar-refractivity contribution in [2.24, 2.45) is 0 Å². The highest BCUT2D eigenvalue weighted by molar-refractivity contribution is 5.32. The van der Waals surface area contributed by atoms with Crippen LogP contribution < -0.4 is 5.56 Å². The second kappa shape index (κ2) is 5.43. The Balaban J connectivity index is 1.90. The standard InChI is InChI=1S/C20H18N2O/c1-15-14-20(23)22-19(17-10-6-3-7-11-17)13-12-18(21(15)22)16-8-4-2-5-9-16/h2-14,18-19H,1H3. The van der Waals surface area contributed by atoms with E-state index < -0.39 is 0 Å². The molecule has 1 aliphatic rings. The van der Waals surface area contributed by atoms with Gasteiger partial charge in [0.25, 0.3) is 5.56 Å². The molecule has 4 rings (SSSR count). The zero-order valence-electron chi connectivity index (χ0n) is 13.0. The molecule has 1 aromatic heterocycles. The number of aryl methyl sites for hydroxylation is 1. The maximum atomic E-state index is 12.6. The zero-order valence-corrected chi connectivity index (χ0v) is 13.0. The number of fused-ring (bicyclic) bond motifs is 1. The third-order valence-electron chi connectivity index (χ3n) is 4.44. The van der Waals surface area contributed by atoms with Crippen LogP contribution in [-0.2, 0) is 0 Å². The Kier molecular flexibility index (Phi) is 3.27. The highest BCUT2D eigenvalue weighted by atomic mass is 16.1. The largest absolute Gasteiger partial charge is 0.275 e. The molecule has 2 unspecified atom stereocenters. The van der Waals surface area contributed by atoms with Crippen LogP contribution in [0.5, 0.6) is 0 Å². The van der Waals surface area contributed by atoms with Gasteiger partial charge in [-0.05, 0) is 18.1 Å². The van der Waals surface area contributed by atoms with Crippen molar-refractivity contribution >= 4 is 0 Å². The topological polar surface area (TPSA) is 26.9 Å². The monoisotopic (exact) mass is 302 g/mol. The average Bonchev–Trinajstić information content (AvgIpc) is 2.91. The van der Waals surface area contributed by atoms with Gasteiger partial charge in [0.1, 0.15) is 0 Å². The van der Waals surface area contributed by atoms with E-state index in [4.69, 9.17) is 0 Å². The summed E-state index contributed by atoms with van der Waals surface area (Å²) in [6, 6.07) is 22.2. The van der Waals surface area contributed by atoms with Gasteiger partial charge in [-0.1, -0.05) is 72.8 Å². The van der Waals surface area contributed by atoms with Gasteiger partial charge in [-0.15, -0.1) is 0 Å². The summed E-state index contributed by atoms with van der Waals surface area (Å²) in [5.74, 6) is 0. The van der Waals surface area contributed by atoms with Crippen LogP contribution in [-0.4, -0.2) is 9.36 Å². The van der Waals surface area contributed by atoms with Crippen LogP contribution in [0.25, 0.3) is 0 Å². The summed E-state index contributed by atoms with van der Waals surface area (Å²) in [5, 5.41) is 0. The molecule has 114 valence electrons. The quantitative estimate of drug-likeness (QED) is 0.663. The van der Waals surface area contributed by atoms with E-state index in [0.29, 0.717) is 0 Å². The molecule has 0 saturated heterocycles. The molecule has 0 radical (unpaired) electrons. The maximum Gasteiger partial charge on any atom is 0.267 e. The molecule has 2 heterocycles. The van der Waals surface area contributed by atoms with E-state index in [1.54, 1.807) is 6.07 Å². The molecular formula is C20H18N2O. The molecule has 3 heteroatoms. The lowest BCUT2D eigenvalue weighted by atomic mass is 10.0. The molecule has 1 aliphatic heterocycles. The molecule has 0 saturated carbocycles. The number of hydrogen-bond acceptors (Lipinski definition) is 1. The number of allylic oxidation sites excluding steroid dienone is 2. The SMILES string of the molecule is Cc1cc(=O)n2n1C(c1ccccc1)C=CC2c1ccccc1. The first kappa shape index (κ1) is 13.8. The molecule has 0 aliphatic carbocycles. The molecule has 2 atom stereocenters. The average molecular weight is 302 g/mol. The van der Waals surface area contributed by atoms with Gasteiger partial charge in [-0.3, -0.25) is 9.48 Å². The Morgan fingerprint density at radius 2 is 1.22 bits per heavy atom. The van der Waals surface area contributed by atoms with E-state index in [9.17, 15) is 4.79 Å². The van der Waals surface area contributed by atoms with Crippen molar-refractivity contribution in [3.8, 4) is 0 Å². The van der Waals surface area contributed by atoms with Crippen molar-refractivity contribution in [3.05, 3.63) is 106 Å². The van der Waals surface area contributed by atoms with Gasteiger partial charge in [0, 0.05) is 11.8 Å². The molecule has 2 aromatic carbocycles. The second-order valence-electron chi connectivity index (χ2n) is 5.91. The number of nitrogens with zero attached hydrogens (tertiary/aromatic N) is 2. The summed E-state index contributed by atoms with van der Waals surface area (Å²) >= 11 is 0. The highest BCUT2D eigenvalue weighted by Crippen LogP contribution is 2.30. The smallest absolute Gasteiger partial charge is 0.267 e. The second-order valence-corrected chi connectivity index (χ2v) is 5.91. The Bertz CT molecular complexity index is 904. The zero-order chi connectivity index (χ0) is 15.8. The Morgan fingerprint density at radius 1 is 0.739 bits per heavy atom. The van der Waals surface area contributed by atoms with Crippen LogP contribution in [0.15, 0.2) is 83.7 Å². The van der Waals surface area contributed by atoms with Gasteiger partial charge >= 0.3 is 0 Å². The van der Waals surface area contributed by atoms with Crippen LogP contribution in [0.4, 0.5) is 0 Å². The third kappa shape index (κ3) is 2.25. The minimum Gasteiger partial charge on any atom is -0.275 e. The van der Waals surface area contributed by atoms with Gasteiger partial charge in [-0.25, -0.2) is 4.68 Å². The lowest BCUT2D eigenvalue weighted by molar-refractivity contribution is 0.404. The Hall–Kier alpha value is -2.81. The van der Waals surface area contributed by atoms with Crippen LogP contribution in [0, 0.1) is 6.92 Å². The maximum absolute atomic E-state index is 12.6. The van der Waals surface area contributed by atoms with E-state index in [0.717, 1.165) is 11.3 Å². The Morgan fingerprint density at radius 3 is 1.74 bits per heavy atom. The number of benzene rings is 2. The molecular weight excluding hydrogens is 284 g/mol. The summed E-state index contributed by atoms with van der Waals surface area (Å²) in [4.78, 5) is 12.6. The fourth-order valence-corrected chi connectivity index (χ4v) is 3.39. The van der Waals surface area contributed by atoms with Crippen molar-refractivity contribution in [3.63, 3.8) is 0 Å². The lowest BCUT2D eigenvalue weighted by Gasteiger charge is -2.30. The van der Waals surface area contributed by atoms with Crippen molar-refractivity contribution in [2.75, 3.05) is 0 Å². The Labute approximate surface area is 135 Å². The summed E-state index contributed by atoms with van der Waals surface area (Å²) < 4.78 is 3.97. The van der Waals surface area contributed by atoms with Crippen molar-refractivity contribution in [1.82, 2.24) is 9.36 Å². The van der Waals surface area contributed by atoms with Crippen molar-refractivity contribution in [2.45, 2.75) is 19.0 Å². The van der Waals surface area contributed by atoms with Crippen LogP contribution in [0.1, 0.15) is 28.9 Å². The van der Waals surface area contributed by atoms with Gasteiger partial charge in [0.15, 0.2) is 0 Å². The fourth-order valence-electron chi connectivity index (χ4n) is 3.39. The van der Waals surface area contributed by atoms with E-state index in [2.05, 4.69) is 41.1 Å². The molecule has 0 fully saturated rings. The number of rotatable bonds is 2. The van der Waals surface area contributed by atoms with Crippen LogP contribution in [0.2, 0.25) is 0 Å². The normalized spacial score (nSPS) is 19.5. The third-order valence-corrected chi connectivity index (χ3v) is 4.44. The summed E-state index contributed by atoms with van der Waals surface area (Å²) in [5.41, 5.74) is 3.33. The van der Waals surface area contributed by atoms with Gasteiger partial charge < -0.3 is 0 Å². The minimum absolute atomic E-state index is 0.0432. The minimum atomic E-state index is -0.0580. The molecule has 0 amide bonds.